The highest BCUT2D eigenvalue weighted by molar-refractivity contribution is 6.31. The molecule has 2 rings (SSSR count). The fourth-order valence-electron chi connectivity index (χ4n) is 1.73. The molecule has 0 saturated carbocycles. The van der Waals surface area contributed by atoms with Crippen LogP contribution in [0.5, 0.6) is 0 Å². The molecule has 1 unspecified atom stereocenters. The highest BCUT2D eigenvalue weighted by Gasteiger charge is 2.16. The molecule has 20 heavy (non-hydrogen) atoms. The first-order chi connectivity index (χ1) is 9.59. The molecule has 104 valence electrons. The van der Waals surface area contributed by atoms with Crippen molar-refractivity contribution in [2.75, 3.05) is 11.9 Å². The first kappa shape index (κ1) is 14.2. The van der Waals surface area contributed by atoms with Crippen molar-refractivity contribution < 1.29 is 10.0 Å². The van der Waals surface area contributed by atoms with Crippen LogP contribution in [0.15, 0.2) is 42.6 Å². The highest BCUT2D eigenvalue weighted by atomic mass is 35.5. The summed E-state index contributed by atoms with van der Waals surface area (Å²) < 4.78 is 0. The predicted molar refractivity (Wildman–Crippen MR) is 75.8 cm³/mol. The third kappa shape index (κ3) is 3.23. The molecule has 6 nitrogen and oxygen atoms in total. The molecule has 1 aromatic carbocycles. The van der Waals surface area contributed by atoms with Gasteiger partial charge in [0.25, 0.3) is 0 Å². The maximum atomic E-state index is 10.8. The number of rotatable bonds is 5. The molecule has 0 aliphatic rings. The zero-order valence-electron chi connectivity index (χ0n) is 10.4. The first-order valence-corrected chi connectivity index (χ1v) is 6.23. The molecule has 0 bridgehead atoms. The van der Waals surface area contributed by atoms with Crippen molar-refractivity contribution >= 4 is 23.1 Å². The number of benzene rings is 1. The smallest absolute Gasteiger partial charge is 0.311 e. The Hall–Kier alpha value is -2.18. The SMILES string of the molecule is O=[N+]([O-])c1cccnc1NCC(O)c1ccccc1Cl. The quantitative estimate of drug-likeness (QED) is 0.653. The summed E-state index contributed by atoms with van der Waals surface area (Å²) in [7, 11) is 0. The number of halogens is 1. The maximum absolute atomic E-state index is 10.8. The summed E-state index contributed by atoms with van der Waals surface area (Å²) in [5, 5.41) is 24.1. The van der Waals surface area contributed by atoms with Crippen LogP contribution in [-0.2, 0) is 0 Å². The van der Waals surface area contributed by atoms with E-state index in [2.05, 4.69) is 10.3 Å². The molecule has 0 aliphatic carbocycles. The molecular weight excluding hydrogens is 282 g/mol. The van der Waals surface area contributed by atoms with E-state index in [1.54, 1.807) is 24.3 Å². The van der Waals surface area contributed by atoms with Crippen LogP contribution in [0.1, 0.15) is 11.7 Å². The zero-order valence-corrected chi connectivity index (χ0v) is 11.1. The standard InChI is InChI=1S/C13H12ClN3O3/c14-10-5-2-1-4-9(10)12(18)8-16-13-11(17(19)20)6-3-7-15-13/h1-7,12,18H,8H2,(H,15,16). The van der Waals surface area contributed by atoms with Gasteiger partial charge in [0.15, 0.2) is 0 Å². The minimum atomic E-state index is -0.884. The second-order valence-corrected chi connectivity index (χ2v) is 4.45. The summed E-state index contributed by atoms with van der Waals surface area (Å²) in [5.74, 6) is 0.114. The molecule has 0 saturated heterocycles. The van der Waals surface area contributed by atoms with Gasteiger partial charge >= 0.3 is 5.69 Å². The second kappa shape index (κ2) is 6.31. The van der Waals surface area contributed by atoms with Gasteiger partial charge in [-0.25, -0.2) is 4.98 Å². The molecule has 7 heteroatoms. The van der Waals surface area contributed by atoms with Crippen LogP contribution in [-0.4, -0.2) is 21.6 Å². The number of aliphatic hydroxyl groups excluding tert-OH is 1. The Morgan fingerprint density at radius 2 is 2.10 bits per heavy atom. The van der Waals surface area contributed by atoms with E-state index in [1.807, 2.05) is 0 Å². The number of hydrogen-bond acceptors (Lipinski definition) is 5. The number of anilines is 1. The van der Waals surface area contributed by atoms with E-state index in [0.29, 0.717) is 10.6 Å². The van der Waals surface area contributed by atoms with Gasteiger partial charge in [0.2, 0.25) is 5.82 Å². The number of aromatic nitrogens is 1. The Kier molecular flexibility index (Phi) is 4.49. The lowest BCUT2D eigenvalue weighted by Crippen LogP contribution is -2.14. The molecule has 2 aromatic rings. The lowest BCUT2D eigenvalue weighted by Gasteiger charge is -2.13. The number of pyridine rings is 1. The van der Waals surface area contributed by atoms with Crippen molar-refractivity contribution in [3.8, 4) is 0 Å². The number of nitrogens with zero attached hydrogens (tertiary/aromatic N) is 2. The van der Waals surface area contributed by atoms with Crippen molar-refractivity contribution in [2.45, 2.75) is 6.10 Å². The van der Waals surface area contributed by atoms with Gasteiger partial charge in [-0.15, -0.1) is 0 Å². The topological polar surface area (TPSA) is 88.3 Å². The molecule has 0 spiro atoms. The van der Waals surface area contributed by atoms with Crippen LogP contribution < -0.4 is 5.32 Å². The second-order valence-electron chi connectivity index (χ2n) is 4.05. The maximum Gasteiger partial charge on any atom is 0.311 e. The number of nitro groups is 1. The third-order valence-corrected chi connectivity index (χ3v) is 3.05. The van der Waals surface area contributed by atoms with E-state index in [4.69, 9.17) is 11.6 Å². The van der Waals surface area contributed by atoms with Gasteiger partial charge in [0, 0.05) is 29.4 Å². The predicted octanol–water partition coefficient (Wildman–Crippen LogP) is 2.79. The minimum Gasteiger partial charge on any atom is -0.387 e. The minimum absolute atomic E-state index is 0.0710. The Labute approximate surface area is 120 Å². The monoisotopic (exact) mass is 293 g/mol. The van der Waals surface area contributed by atoms with Gasteiger partial charge in [-0.3, -0.25) is 10.1 Å². The largest absolute Gasteiger partial charge is 0.387 e. The summed E-state index contributed by atoms with van der Waals surface area (Å²) in [5.41, 5.74) is 0.416. The molecule has 0 aliphatic heterocycles. The summed E-state index contributed by atoms with van der Waals surface area (Å²) in [4.78, 5) is 14.2. The van der Waals surface area contributed by atoms with Gasteiger partial charge in [-0.05, 0) is 12.1 Å². The lowest BCUT2D eigenvalue weighted by molar-refractivity contribution is -0.384. The van der Waals surface area contributed by atoms with Crippen LogP contribution in [0.3, 0.4) is 0 Å². The molecular formula is C13H12ClN3O3. The third-order valence-electron chi connectivity index (χ3n) is 2.71. The summed E-state index contributed by atoms with van der Waals surface area (Å²) in [6.45, 7) is 0.0710. The summed E-state index contributed by atoms with van der Waals surface area (Å²) in [6, 6.07) is 9.71. The van der Waals surface area contributed by atoms with Gasteiger partial charge in [-0.2, -0.15) is 0 Å². The molecule has 1 atom stereocenters. The Balaban J connectivity index is 2.10. The molecule has 0 amide bonds. The fraction of sp³-hybridized carbons (Fsp3) is 0.154. The van der Waals surface area contributed by atoms with Crippen molar-refractivity contribution in [3.63, 3.8) is 0 Å². The Morgan fingerprint density at radius 1 is 1.35 bits per heavy atom. The first-order valence-electron chi connectivity index (χ1n) is 5.85. The van der Waals surface area contributed by atoms with Crippen molar-refractivity contribution in [2.24, 2.45) is 0 Å². The van der Waals surface area contributed by atoms with Crippen molar-refractivity contribution in [1.82, 2.24) is 4.98 Å². The van der Waals surface area contributed by atoms with Crippen LogP contribution in [0, 0.1) is 10.1 Å². The number of hydrogen-bond donors (Lipinski definition) is 2. The Bertz CT molecular complexity index is 621. The average Bonchev–Trinajstić information content (AvgIpc) is 2.45. The van der Waals surface area contributed by atoms with E-state index in [1.165, 1.54) is 18.3 Å². The van der Waals surface area contributed by atoms with E-state index in [9.17, 15) is 15.2 Å². The number of nitrogens with one attached hydrogen (secondary N) is 1. The molecule has 1 heterocycles. The van der Waals surface area contributed by atoms with Crippen LogP contribution >= 0.6 is 11.6 Å². The van der Waals surface area contributed by atoms with Gasteiger partial charge in [0.1, 0.15) is 0 Å². The van der Waals surface area contributed by atoms with E-state index in [0.717, 1.165) is 0 Å². The van der Waals surface area contributed by atoms with Gasteiger partial charge in [0.05, 0.1) is 11.0 Å². The summed E-state index contributed by atoms with van der Waals surface area (Å²) in [6.07, 6.45) is 0.558. The Morgan fingerprint density at radius 3 is 2.80 bits per heavy atom. The van der Waals surface area contributed by atoms with Crippen molar-refractivity contribution in [3.05, 3.63) is 63.3 Å². The van der Waals surface area contributed by atoms with E-state index in [-0.39, 0.29) is 18.1 Å². The van der Waals surface area contributed by atoms with Crippen LogP contribution in [0.25, 0.3) is 0 Å². The van der Waals surface area contributed by atoms with Crippen molar-refractivity contribution in [1.29, 1.82) is 0 Å². The molecule has 2 N–H and O–H groups in total. The number of aliphatic hydroxyl groups is 1. The lowest BCUT2D eigenvalue weighted by atomic mass is 10.1. The van der Waals surface area contributed by atoms with Crippen LogP contribution in [0.2, 0.25) is 5.02 Å². The molecule has 0 radical (unpaired) electrons. The van der Waals surface area contributed by atoms with E-state index >= 15 is 0 Å². The van der Waals surface area contributed by atoms with Crippen LogP contribution in [0.4, 0.5) is 11.5 Å². The zero-order chi connectivity index (χ0) is 14.5. The molecule has 1 aromatic heterocycles. The molecule has 0 fully saturated rings. The highest BCUT2D eigenvalue weighted by Crippen LogP contribution is 2.25. The van der Waals surface area contributed by atoms with Gasteiger partial charge in [-0.1, -0.05) is 29.8 Å². The normalized spacial score (nSPS) is 11.9. The fourth-order valence-corrected chi connectivity index (χ4v) is 1.99. The van der Waals surface area contributed by atoms with Gasteiger partial charge < -0.3 is 10.4 Å². The summed E-state index contributed by atoms with van der Waals surface area (Å²) >= 11 is 5.97. The van der Waals surface area contributed by atoms with E-state index < -0.39 is 11.0 Å². The average molecular weight is 294 g/mol.